The van der Waals surface area contributed by atoms with Crippen molar-refractivity contribution in [2.45, 2.75) is 25.4 Å². The van der Waals surface area contributed by atoms with Gasteiger partial charge in [0.15, 0.2) is 0 Å². The fraction of sp³-hybridized carbons (Fsp3) is 0.300. The van der Waals surface area contributed by atoms with Crippen molar-refractivity contribution in [1.29, 1.82) is 0 Å². The maximum absolute atomic E-state index is 6.49. The average molecular weight is 323 g/mol. The second kappa shape index (κ2) is 4.86. The minimum Gasteiger partial charge on any atom is -0.343 e. The Morgan fingerprint density at radius 2 is 1.96 bits per heavy atom. The van der Waals surface area contributed by atoms with Crippen LogP contribution >= 0.6 is 11.6 Å². The van der Waals surface area contributed by atoms with Crippen LogP contribution in [0.3, 0.4) is 0 Å². The Morgan fingerprint density at radius 3 is 2.78 bits per heavy atom. The second-order valence-corrected chi connectivity index (χ2v) is 7.31. The maximum Gasteiger partial charge on any atom is 0.0526 e. The van der Waals surface area contributed by atoms with Gasteiger partial charge in [-0.1, -0.05) is 41.9 Å². The number of benzene rings is 2. The summed E-state index contributed by atoms with van der Waals surface area (Å²) in [5.41, 5.74) is 7.23. The van der Waals surface area contributed by atoms with Crippen LogP contribution in [0, 0.1) is 0 Å². The molecule has 2 aliphatic rings. The minimum absolute atomic E-state index is 0.428. The summed E-state index contributed by atoms with van der Waals surface area (Å²) in [6.45, 7) is 3.23. The first-order valence-electron chi connectivity index (χ1n) is 8.29. The van der Waals surface area contributed by atoms with E-state index in [-0.39, 0.29) is 0 Å². The smallest absolute Gasteiger partial charge is 0.0526 e. The Hall–Kier alpha value is -1.77. The zero-order valence-corrected chi connectivity index (χ0v) is 14.0. The summed E-state index contributed by atoms with van der Waals surface area (Å²) in [7, 11) is 2.20. The lowest BCUT2D eigenvalue weighted by Gasteiger charge is -2.25. The lowest BCUT2D eigenvalue weighted by molar-refractivity contribution is 0.309. The van der Waals surface area contributed by atoms with Gasteiger partial charge in [0.25, 0.3) is 0 Å². The first-order valence-corrected chi connectivity index (χ1v) is 8.67. The molecule has 0 saturated heterocycles. The highest BCUT2D eigenvalue weighted by Gasteiger charge is 2.32. The Kier molecular flexibility index (Phi) is 2.88. The van der Waals surface area contributed by atoms with Gasteiger partial charge >= 0.3 is 0 Å². The average Bonchev–Trinajstić information content (AvgIpc) is 3.07. The van der Waals surface area contributed by atoms with E-state index in [0.29, 0.717) is 5.92 Å². The molecule has 3 heteroatoms. The molecule has 0 N–H and O–H groups in total. The van der Waals surface area contributed by atoms with Crippen LogP contribution in [-0.2, 0) is 19.5 Å². The van der Waals surface area contributed by atoms with Crippen molar-refractivity contribution in [3.63, 3.8) is 0 Å². The van der Waals surface area contributed by atoms with Gasteiger partial charge < -0.3 is 9.47 Å². The summed E-state index contributed by atoms with van der Waals surface area (Å²) in [4.78, 5) is 2.41. The molecule has 0 bridgehead atoms. The first-order chi connectivity index (χ1) is 11.2. The normalized spacial score (nSPS) is 20.2. The van der Waals surface area contributed by atoms with Crippen LogP contribution < -0.4 is 0 Å². The van der Waals surface area contributed by atoms with Crippen LogP contribution in [0.15, 0.2) is 42.5 Å². The minimum atomic E-state index is 0.428. The van der Waals surface area contributed by atoms with Crippen LogP contribution in [-0.4, -0.2) is 23.1 Å². The number of nitrogens with zero attached hydrogens (tertiary/aromatic N) is 2. The van der Waals surface area contributed by atoms with Crippen LogP contribution in [0.25, 0.3) is 10.9 Å². The predicted molar refractivity (Wildman–Crippen MR) is 95.3 cm³/mol. The summed E-state index contributed by atoms with van der Waals surface area (Å²) >= 11 is 6.49. The largest absolute Gasteiger partial charge is 0.343 e. The number of hydrogen-bond donors (Lipinski definition) is 0. The maximum atomic E-state index is 6.49. The summed E-state index contributed by atoms with van der Waals surface area (Å²) < 4.78 is 2.57. The molecule has 1 aromatic heterocycles. The molecular formula is C20H19ClN2. The van der Waals surface area contributed by atoms with Crippen molar-refractivity contribution >= 4 is 22.5 Å². The molecule has 23 heavy (non-hydrogen) atoms. The molecule has 2 nitrogen and oxygen atoms in total. The summed E-state index contributed by atoms with van der Waals surface area (Å²) in [5, 5.41) is 2.23. The Morgan fingerprint density at radius 1 is 1.13 bits per heavy atom. The molecule has 0 radical (unpaired) electrons. The van der Waals surface area contributed by atoms with Gasteiger partial charge in [-0.2, -0.15) is 0 Å². The van der Waals surface area contributed by atoms with Gasteiger partial charge in [-0.05, 0) is 35.9 Å². The van der Waals surface area contributed by atoms with Crippen molar-refractivity contribution < 1.29 is 0 Å². The Balaban J connectivity index is 1.77. The van der Waals surface area contributed by atoms with E-state index >= 15 is 0 Å². The zero-order chi connectivity index (χ0) is 15.6. The van der Waals surface area contributed by atoms with Gasteiger partial charge in [0, 0.05) is 48.1 Å². The number of halogens is 1. The summed E-state index contributed by atoms with van der Waals surface area (Å²) in [6.07, 6.45) is 1.14. The van der Waals surface area contributed by atoms with Crippen molar-refractivity contribution in [2.24, 2.45) is 0 Å². The number of fused-ring (bicyclic) bond motifs is 3. The lowest BCUT2D eigenvalue weighted by Crippen LogP contribution is -2.27. The summed E-state index contributed by atoms with van der Waals surface area (Å²) in [5.74, 6) is 0.428. The predicted octanol–water partition coefficient (Wildman–Crippen LogP) is 4.43. The van der Waals surface area contributed by atoms with E-state index in [2.05, 4.69) is 59.0 Å². The van der Waals surface area contributed by atoms with E-state index in [1.165, 1.54) is 33.3 Å². The molecule has 3 aromatic rings. The van der Waals surface area contributed by atoms with E-state index < -0.39 is 0 Å². The Bertz CT molecular complexity index is 911. The lowest BCUT2D eigenvalue weighted by atomic mass is 9.91. The van der Waals surface area contributed by atoms with Crippen molar-refractivity contribution in [3.05, 3.63) is 69.9 Å². The van der Waals surface area contributed by atoms with Crippen LogP contribution in [0.4, 0.5) is 0 Å². The quantitative estimate of drug-likeness (QED) is 0.643. The van der Waals surface area contributed by atoms with Gasteiger partial charge in [-0.15, -0.1) is 0 Å². The van der Waals surface area contributed by atoms with E-state index in [4.69, 9.17) is 11.6 Å². The van der Waals surface area contributed by atoms with E-state index in [1.807, 2.05) is 0 Å². The van der Waals surface area contributed by atoms with E-state index in [9.17, 15) is 0 Å². The molecule has 0 aliphatic carbocycles. The molecule has 0 amide bonds. The second-order valence-electron chi connectivity index (χ2n) is 6.88. The third-order valence-electron chi connectivity index (χ3n) is 5.47. The fourth-order valence-electron chi connectivity index (χ4n) is 4.43. The molecule has 0 spiro atoms. The van der Waals surface area contributed by atoms with Crippen molar-refractivity contribution in [3.8, 4) is 0 Å². The number of likely N-dealkylation sites (N-methyl/N-ethyl adjacent to an activating group) is 1. The van der Waals surface area contributed by atoms with Crippen LogP contribution in [0.5, 0.6) is 0 Å². The fourth-order valence-corrected chi connectivity index (χ4v) is 4.66. The molecule has 2 aromatic carbocycles. The topological polar surface area (TPSA) is 8.17 Å². The zero-order valence-electron chi connectivity index (χ0n) is 13.2. The molecule has 1 unspecified atom stereocenters. The van der Waals surface area contributed by atoms with E-state index in [1.54, 1.807) is 0 Å². The molecule has 0 fully saturated rings. The third kappa shape index (κ3) is 1.92. The summed E-state index contributed by atoms with van der Waals surface area (Å²) in [6, 6.07) is 15.2. The number of rotatable bonds is 1. The Labute approximate surface area is 141 Å². The standard InChI is InChI=1S/C20H19ClN2/c1-22-8-7-19-18(11-22)16-10-14(21)9-15-17(12-23(19)20(15)16)13-5-3-2-4-6-13/h2-6,9-10,17H,7-8,11-12H2,1H3. The highest BCUT2D eigenvalue weighted by molar-refractivity contribution is 6.31. The van der Waals surface area contributed by atoms with Crippen LogP contribution in [0.2, 0.25) is 5.02 Å². The highest BCUT2D eigenvalue weighted by Crippen LogP contribution is 2.44. The SMILES string of the molecule is CN1CCc2c(c3cc(Cl)cc4c3n2CC4c2ccccc2)C1. The van der Waals surface area contributed by atoms with Gasteiger partial charge in [0.1, 0.15) is 0 Å². The van der Waals surface area contributed by atoms with Gasteiger partial charge in [0.05, 0.1) is 5.52 Å². The van der Waals surface area contributed by atoms with Crippen molar-refractivity contribution in [1.82, 2.24) is 9.47 Å². The third-order valence-corrected chi connectivity index (χ3v) is 5.69. The molecule has 0 saturated carbocycles. The first kappa shape index (κ1) is 13.6. The molecule has 116 valence electrons. The number of hydrogen-bond acceptors (Lipinski definition) is 1. The monoisotopic (exact) mass is 322 g/mol. The van der Waals surface area contributed by atoms with Crippen LogP contribution in [0.1, 0.15) is 28.3 Å². The van der Waals surface area contributed by atoms with Gasteiger partial charge in [-0.25, -0.2) is 0 Å². The molecular weight excluding hydrogens is 304 g/mol. The molecule has 1 atom stereocenters. The molecule has 3 heterocycles. The molecule has 5 rings (SSSR count). The van der Waals surface area contributed by atoms with E-state index in [0.717, 1.165) is 31.1 Å². The van der Waals surface area contributed by atoms with Gasteiger partial charge in [-0.3, -0.25) is 0 Å². The highest BCUT2D eigenvalue weighted by atomic mass is 35.5. The van der Waals surface area contributed by atoms with Crippen molar-refractivity contribution in [2.75, 3.05) is 13.6 Å². The molecule has 2 aliphatic heterocycles. The van der Waals surface area contributed by atoms with Gasteiger partial charge in [0.2, 0.25) is 0 Å². The number of aromatic nitrogens is 1.